The molecular weight excluding hydrogens is 508 g/mol. The van der Waals surface area contributed by atoms with Gasteiger partial charge < -0.3 is 10.2 Å². The third kappa shape index (κ3) is 6.01. The van der Waals surface area contributed by atoms with Crippen LogP contribution in [0.2, 0.25) is 5.02 Å². The van der Waals surface area contributed by atoms with Gasteiger partial charge in [0.2, 0.25) is 0 Å². The molecule has 0 aliphatic carbocycles. The molecule has 1 aromatic heterocycles. The molecule has 204 valence electrons. The zero-order valence-electron chi connectivity index (χ0n) is 23.6. The van der Waals surface area contributed by atoms with E-state index in [1.54, 1.807) is 16.7 Å². The summed E-state index contributed by atoms with van der Waals surface area (Å²) in [5, 5.41) is 4.29. The number of fused-ring (bicyclic) bond motifs is 1. The van der Waals surface area contributed by atoms with Crippen LogP contribution in [-0.2, 0) is 0 Å². The molecule has 6 nitrogen and oxygen atoms in total. The van der Waals surface area contributed by atoms with Crippen molar-refractivity contribution in [2.24, 2.45) is 5.92 Å². The maximum atomic E-state index is 14.0. The van der Waals surface area contributed by atoms with Crippen molar-refractivity contribution in [1.29, 1.82) is 0 Å². The topological polar surface area (TPSA) is 67.2 Å². The van der Waals surface area contributed by atoms with Crippen molar-refractivity contribution in [1.82, 2.24) is 14.5 Å². The summed E-state index contributed by atoms with van der Waals surface area (Å²) in [5.41, 5.74) is 4.80. The van der Waals surface area contributed by atoms with Crippen molar-refractivity contribution in [2.45, 2.75) is 60.4 Å². The number of amides is 2. The Kier molecular flexibility index (Phi) is 8.76. The second-order valence-corrected chi connectivity index (χ2v) is 11.0. The second-order valence-electron chi connectivity index (χ2n) is 10.6. The average Bonchev–Trinajstić information content (AvgIpc) is 2.89. The summed E-state index contributed by atoms with van der Waals surface area (Å²) in [6, 6.07) is 18.1. The third-order valence-electron chi connectivity index (χ3n) is 7.18. The Morgan fingerprint density at radius 2 is 1.69 bits per heavy atom. The average molecular weight is 545 g/mol. The highest BCUT2D eigenvalue weighted by atomic mass is 35.5. The number of hydrogen-bond acceptors (Lipinski definition) is 3. The van der Waals surface area contributed by atoms with Crippen molar-refractivity contribution < 1.29 is 4.79 Å². The van der Waals surface area contributed by atoms with Crippen molar-refractivity contribution in [3.8, 4) is 5.69 Å². The number of anilines is 1. The van der Waals surface area contributed by atoms with Crippen LogP contribution in [0.15, 0.2) is 65.5 Å². The van der Waals surface area contributed by atoms with Gasteiger partial charge in [-0.3, -0.25) is 9.36 Å². The quantitative estimate of drug-likeness (QED) is 0.244. The number of benzene rings is 3. The molecule has 0 spiro atoms. The molecule has 1 N–H and O–H groups in total. The summed E-state index contributed by atoms with van der Waals surface area (Å²) in [7, 11) is 0. The number of nitrogens with zero attached hydrogens (tertiary/aromatic N) is 3. The van der Waals surface area contributed by atoms with Gasteiger partial charge in [0.05, 0.1) is 22.6 Å². The minimum Gasteiger partial charge on any atom is -0.314 e. The standard InChI is InChI=1S/C32H37ClN4O2/c1-7-27(36(18-17-20(2)3)32(39)35-29-21(4)11-10-12-22(29)5)30-34-26-14-9-8-13-25(26)31(38)37(30)28-16-15-24(33)19-23(28)6/h8-16,19-20,27H,7,17-18H2,1-6H3,(H,35,39). The van der Waals surface area contributed by atoms with Gasteiger partial charge in [0, 0.05) is 17.3 Å². The summed E-state index contributed by atoms with van der Waals surface area (Å²) >= 11 is 6.27. The highest BCUT2D eigenvalue weighted by molar-refractivity contribution is 6.30. The first-order valence-corrected chi connectivity index (χ1v) is 13.9. The predicted octanol–water partition coefficient (Wildman–Crippen LogP) is 8.00. The van der Waals surface area contributed by atoms with E-state index >= 15 is 0 Å². The molecule has 1 heterocycles. The molecule has 0 aliphatic heterocycles. The largest absolute Gasteiger partial charge is 0.322 e. The molecule has 0 aliphatic rings. The molecule has 0 bridgehead atoms. The minimum absolute atomic E-state index is 0.168. The molecule has 7 heteroatoms. The van der Waals surface area contributed by atoms with E-state index in [9.17, 15) is 9.59 Å². The van der Waals surface area contributed by atoms with Crippen molar-refractivity contribution in [3.05, 3.63) is 98.6 Å². The van der Waals surface area contributed by atoms with Crippen LogP contribution in [-0.4, -0.2) is 27.0 Å². The summed E-state index contributed by atoms with van der Waals surface area (Å²) in [5.74, 6) is 0.926. The lowest BCUT2D eigenvalue weighted by Gasteiger charge is -2.33. The third-order valence-corrected chi connectivity index (χ3v) is 7.42. The highest BCUT2D eigenvalue weighted by Gasteiger charge is 2.30. The van der Waals surface area contributed by atoms with Crippen LogP contribution in [0, 0.1) is 26.7 Å². The zero-order chi connectivity index (χ0) is 28.3. The number of para-hydroxylation sites is 2. The first-order chi connectivity index (χ1) is 18.6. The lowest BCUT2D eigenvalue weighted by Crippen LogP contribution is -2.42. The molecule has 2 amide bonds. The number of hydrogen-bond donors (Lipinski definition) is 1. The van der Waals surface area contributed by atoms with Crippen LogP contribution in [0.4, 0.5) is 10.5 Å². The van der Waals surface area contributed by atoms with Gasteiger partial charge in [0.1, 0.15) is 5.82 Å². The Balaban J connectivity index is 1.92. The number of aryl methyl sites for hydroxylation is 3. The summed E-state index contributed by atoms with van der Waals surface area (Å²) in [6.45, 7) is 12.7. The van der Waals surface area contributed by atoms with E-state index in [-0.39, 0.29) is 11.6 Å². The molecule has 0 saturated carbocycles. The van der Waals surface area contributed by atoms with Gasteiger partial charge in [0.25, 0.3) is 5.56 Å². The SMILES string of the molecule is CCC(c1nc2ccccc2c(=O)n1-c1ccc(Cl)cc1C)N(CCC(C)C)C(=O)Nc1c(C)cccc1C. The predicted molar refractivity (Wildman–Crippen MR) is 161 cm³/mol. The number of carbonyl (C=O) groups is 1. The Labute approximate surface area is 235 Å². The molecule has 3 aromatic carbocycles. The van der Waals surface area contributed by atoms with Crippen LogP contribution in [0.3, 0.4) is 0 Å². The number of urea groups is 1. The van der Waals surface area contributed by atoms with E-state index in [1.165, 1.54) is 0 Å². The van der Waals surface area contributed by atoms with E-state index in [0.29, 0.717) is 46.3 Å². The normalized spacial score (nSPS) is 12.1. The molecule has 0 fully saturated rings. The zero-order valence-corrected chi connectivity index (χ0v) is 24.3. The first kappa shape index (κ1) is 28.4. The lowest BCUT2D eigenvalue weighted by molar-refractivity contribution is 0.176. The lowest BCUT2D eigenvalue weighted by atomic mass is 10.1. The maximum Gasteiger partial charge on any atom is 0.322 e. The Morgan fingerprint density at radius 1 is 1.00 bits per heavy atom. The summed E-state index contributed by atoms with van der Waals surface area (Å²) in [4.78, 5) is 34.9. The molecule has 0 radical (unpaired) electrons. The summed E-state index contributed by atoms with van der Waals surface area (Å²) in [6.07, 6.45) is 1.39. The number of halogens is 1. The number of nitrogens with one attached hydrogen (secondary N) is 1. The molecule has 39 heavy (non-hydrogen) atoms. The van der Waals surface area contributed by atoms with Gasteiger partial charge in [0.15, 0.2) is 0 Å². The molecule has 4 rings (SSSR count). The van der Waals surface area contributed by atoms with Gasteiger partial charge in [-0.05, 0) is 86.6 Å². The van der Waals surface area contributed by atoms with Crippen molar-refractivity contribution in [2.75, 3.05) is 11.9 Å². The highest BCUT2D eigenvalue weighted by Crippen LogP contribution is 2.30. The van der Waals surface area contributed by atoms with Crippen molar-refractivity contribution >= 4 is 34.2 Å². The van der Waals surface area contributed by atoms with Gasteiger partial charge in [-0.25, -0.2) is 9.78 Å². The van der Waals surface area contributed by atoms with Gasteiger partial charge in [-0.2, -0.15) is 0 Å². The van der Waals surface area contributed by atoms with Crippen molar-refractivity contribution in [3.63, 3.8) is 0 Å². The fourth-order valence-corrected chi connectivity index (χ4v) is 5.23. The van der Waals surface area contributed by atoms with Crippen LogP contribution in [0.5, 0.6) is 0 Å². The van der Waals surface area contributed by atoms with E-state index < -0.39 is 6.04 Å². The van der Waals surface area contributed by atoms with Gasteiger partial charge in [-0.1, -0.05) is 62.7 Å². The van der Waals surface area contributed by atoms with Crippen LogP contribution in [0.1, 0.15) is 62.2 Å². The number of carbonyl (C=O) groups excluding carboxylic acids is 1. The van der Waals surface area contributed by atoms with Crippen LogP contribution < -0.4 is 10.9 Å². The molecule has 1 unspecified atom stereocenters. The Morgan fingerprint density at radius 3 is 2.33 bits per heavy atom. The van der Waals surface area contributed by atoms with E-state index in [4.69, 9.17) is 16.6 Å². The fourth-order valence-electron chi connectivity index (χ4n) is 5.00. The summed E-state index contributed by atoms with van der Waals surface area (Å²) < 4.78 is 1.66. The molecule has 0 saturated heterocycles. The van der Waals surface area contributed by atoms with E-state index in [2.05, 4.69) is 19.2 Å². The Hall–Kier alpha value is -3.64. The molecule has 4 aromatic rings. The maximum absolute atomic E-state index is 14.0. The first-order valence-electron chi connectivity index (χ1n) is 13.5. The van der Waals surface area contributed by atoms with Crippen LogP contribution in [0.25, 0.3) is 16.6 Å². The smallest absolute Gasteiger partial charge is 0.314 e. The second kappa shape index (κ2) is 12.0. The molecular formula is C32H37ClN4O2. The van der Waals surface area contributed by atoms with E-state index in [0.717, 1.165) is 28.8 Å². The van der Waals surface area contributed by atoms with Gasteiger partial charge >= 0.3 is 6.03 Å². The van der Waals surface area contributed by atoms with Gasteiger partial charge in [-0.15, -0.1) is 0 Å². The number of aromatic nitrogens is 2. The Bertz CT molecular complexity index is 1540. The monoisotopic (exact) mass is 544 g/mol. The number of rotatable bonds is 8. The van der Waals surface area contributed by atoms with Crippen LogP contribution >= 0.6 is 11.6 Å². The minimum atomic E-state index is -0.444. The molecule has 1 atom stereocenters. The fraction of sp³-hybridized carbons (Fsp3) is 0.344. The van der Waals surface area contributed by atoms with E-state index in [1.807, 2.05) is 81.1 Å².